The number of amidine groups is 1. The van der Waals surface area contributed by atoms with Crippen LogP contribution in [0, 0.1) is 0 Å². The van der Waals surface area contributed by atoms with Crippen LogP contribution in [0.5, 0.6) is 0 Å². The molecular weight excluding hydrogens is 355 g/mol. The van der Waals surface area contributed by atoms with E-state index in [1.54, 1.807) is 0 Å². The first kappa shape index (κ1) is 13.6. The van der Waals surface area contributed by atoms with E-state index in [4.69, 9.17) is 67.8 Å². The second-order valence-electron chi connectivity index (χ2n) is 1.85. The predicted octanol–water partition coefficient (Wildman–Crippen LogP) is 6.04. The fraction of sp³-hybridized carbons (Fsp3) is 0. The van der Waals surface area contributed by atoms with Gasteiger partial charge in [0.15, 0.2) is 0 Å². The van der Waals surface area contributed by atoms with E-state index in [1.807, 2.05) is 0 Å². The Morgan fingerprint density at radius 3 is 2.21 bits per heavy atom. The molecule has 1 heterocycles. The van der Waals surface area contributed by atoms with Crippen molar-refractivity contribution in [1.82, 2.24) is 0 Å². The molecule has 0 radical (unpaired) electrons. The number of guanidine groups is 1. The first-order valence-electron chi connectivity index (χ1n) is 2.75. The summed E-state index contributed by atoms with van der Waals surface area (Å²) in [7, 11) is 0. The standard InChI is InChI=1S/C2Cl6N4P2/c3-1-9-2(11-13(4,5)6)12-14(7,8)10-1. The average molecular weight is 355 g/mol. The molecule has 1 rings (SSSR count). The maximum atomic E-state index is 5.67. The minimum atomic E-state index is -2.96. The molecule has 0 spiro atoms. The van der Waals surface area contributed by atoms with Crippen LogP contribution in [0.1, 0.15) is 0 Å². The zero-order valence-corrected chi connectivity index (χ0v) is 12.3. The lowest BCUT2D eigenvalue weighted by atomic mass is 11.0. The van der Waals surface area contributed by atoms with Crippen molar-refractivity contribution in [3.05, 3.63) is 0 Å². The maximum absolute atomic E-state index is 5.67. The highest BCUT2D eigenvalue weighted by Gasteiger charge is 2.19. The number of halogens is 6. The Hall–Kier alpha value is 1.54. The zero-order valence-electron chi connectivity index (χ0n) is 5.95. The first-order chi connectivity index (χ1) is 6.18. The third-order valence-electron chi connectivity index (χ3n) is 0.808. The highest BCUT2D eigenvalue weighted by molar-refractivity contribution is 8.26. The Morgan fingerprint density at radius 2 is 1.79 bits per heavy atom. The summed E-state index contributed by atoms with van der Waals surface area (Å²) in [5.41, 5.74) is 0. The number of rotatable bonds is 0. The van der Waals surface area contributed by atoms with E-state index < -0.39 is 11.0 Å². The number of hydrogen-bond acceptors (Lipinski definition) is 4. The topological polar surface area (TPSA) is 49.4 Å². The van der Waals surface area contributed by atoms with Gasteiger partial charge >= 0.3 is 0 Å². The summed E-state index contributed by atoms with van der Waals surface area (Å²) in [5, 5.41) is -3.12. The monoisotopic (exact) mass is 352 g/mol. The van der Waals surface area contributed by atoms with Crippen molar-refractivity contribution in [1.29, 1.82) is 0 Å². The van der Waals surface area contributed by atoms with E-state index in [2.05, 4.69) is 19.2 Å². The highest BCUT2D eigenvalue weighted by Crippen LogP contribution is 2.67. The lowest BCUT2D eigenvalue weighted by molar-refractivity contribution is 1.49. The van der Waals surface area contributed by atoms with Crippen LogP contribution >= 0.6 is 78.8 Å². The van der Waals surface area contributed by atoms with Crippen LogP contribution in [0.3, 0.4) is 0 Å². The normalized spacial score (nSPS) is 20.7. The Kier molecular flexibility index (Phi) is 4.67. The van der Waals surface area contributed by atoms with Crippen LogP contribution in [0.25, 0.3) is 0 Å². The van der Waals surface area contributed by atoms with E-state index >= 15 is 0 Å². The van der Waals surface area contributed by atoms with Crippen molar-refractivity contribution in [2.75, 3.05) is 0 Å². The van der Waals surface area contributed by atoms with Crippen molar-refractivity contribution in [3.8, 4) is 0 Å². The maximum Gasteiger partial charge on any atom is 0.258 e. The molecule has 1 aliphatic heterocycles. The van der Waals surface area contributed by atoms with Gasteiger partial charge in [-0.3, -0.25) is 0 Å². The van der Waals surface area contributed by atoms with E-state index in [0.717, 1.165) is 0 Å². The molecule has 0 saturated heterocycles. The molecule has 0 amide bonds. The summed E-state index contributed by atoms with van der Waals surface area (Å²) in [6, 6.07) is 0. The van der Waals surface area contributed by atoms with Gasteiger partial charge in [0, 0.05) is 0 Å². The summed E-state index contributed by atoms with van der Waals surface area (Å²) in [5.74, 6) is -3.03. The molecule has 0 saturated carbocycles. The first-order valence-corrected chi connectivity index (χ1v) is 11.1. The lowest BCUT2D eigenvalue weighted by Crippen LogP contribution is -1.95. The number of hydrogen-bond donors (Lipinski definition) is 0. The van der Waals surface area contributed by atoms with Crippen molar-refractivity contribution in [3.63, 3.8) is 0 Å². The molecule has 4 nitrogen and oxygen atoms in total. The Labute approximate surface area is 109 Å². The van der Waals surface area contributed by atoms with Crippen molar-refractivity contribution in [2.24, 2.45) is 19.2 Å². The molecule has 80 valence electrons. The van der Waals surface area contributed by atoms with Crippen molar-refractivity contribution in [2.45, 2.75) is 0 Å². The predicted molar refractivity (Wildman–Crippen MR) is 68.7 cm³/mol. The smallest absolute Gasteiger partial charge is 0.186 e. The third-order valence-corrected chi connectivity index (χ3v) is 3.94. The van der Waals surface area contributed by atoms with Crippen molar-refractivity contribution < 1.29 is 0 Å². The van der Waals surface area contributed by atoms with E-state index in [-0.39, 0.29) is 11.3 Å². The molecule has 12 heteroatoms. The largest absolute Gasteiger partial charge is 0.258 e. The van der Waals surface area contributed by atoms with Gasteiger partial charge in [-0.25, -0.2) is 0 Å². The summed E-state index contributed by atoms with van der Waals surface area (Å²) < 4.78 is 10.9. The van der Waals surface area contributed by atoms with Gasteiger partial charge in [0.2, 0.25) is 10.4 Å². The van der Waals surface area contributed by atoms with Gasteiger partial charge in [-0.1, -0.05) is 0 Å². The summed E-state index contributed by atoms with van der Waals surface area (Å²) in [6.07, 6.45) is 0. The van der Waals surface area contributed by atoms with Crippen LogP contribution in [0.2, 0.25) is 0 Å². The molecule has 1 aliphatic rings. The van der Waals surface area contributed by atoms with Gasteiger partial charge in [0.1, 0.15) is 0 Å². The molecule has 0 unspecified atom stereocenters. The molecule has 0 aromatic rings. The molecular formula is C2Cl6N4P2. The Morgan fingerprint density at radius 1 is 1.21 bits per heavy atom. The van der Waals surface area contributed by atoms with E-state index in [1.165, 1.54) is 0 Å². The quantitative estimate of drug-likeness (QED) is 0.376. The summed E-state index contributed by atoms with van der Waals surface area (Å²) >= 11 is 33.3. The van der Waals surface area contributed by atoms with Gasteiger partial charge in [-0.2, -0.15) is 19.2 Å². The van der Waals surface area contributed by atoms with Gasteiger partial charge in [-0.15, -0.1) is 0 Å². The summed E-state index contributed by atoms with van der Waals surface area (Å²) in [6.45, 7) is 0. The van der Waals surface area contributed by atoms with E-state index in [0.29, 0.717) is 0 Å². The number of aliphatic imine (C=N–C) groups is 1. The van der Waals surface area contributed by atoms with Crippen molar-refractivity contribution >= 4 is 90.1 Å². The van der Waals surface area contributed by atoms with E-state index in [9.17, 15) is 0 Å². The molecule has 0 aromatic heterocycles. The Bertz CT molecular complexity index is 403. The molecule has 14 heavy (non-hydrogen) atoms. The second-order valence-corrected chi connectivity index (χ2v) is 13.8. The fourth-order valence-electron chi connectivity index (χ4n) is 0.500. The average Bonchev–Trinajstić information content (AvgIpc) is 1.74. The fourth-order valence-corrected chi connectivity index (χ4v) is 3.54. The molecule has 0 aromatic carbocycles. The zero-order chi connectivity index (χ0) is 11.0. The molecule has 0 aliphatic carbocycles. The SMILES string of the molecule is ClC1=NC(N=P(Cl)(Cl)Cl)=NP(Cl)(Cl)=N1. The van der Waals surface area contributed by atoms with Crippen LogP contribution in [-0.2, 0) is 0 Å². The van der Waals surface area contributed by atoms with Gasteiger partial charge < -0.3 is 0 Å². The minimum Gasteiger partial charge on any atom is -0.186 e. The van der Waals surface area contributed by atoms with Crippen LogP contribution in [0.4, 0.5) is 0 Å². The Balaban J connectivity index is 3.19. The molecule has 0 fully saturated rings. The third kappa shape index (κ3) is 5.05. The van der Waals surface area contributed by atoms with Gasteiger partial charge in [-0.05, 0) is 67.8 Å². The highest BCUT2D eigenvalue weighted by atomic mass is 36.0. The molecule has 0 atom stereocenters. The lowest BCUT2D eigenvalue weighted by Gasteiger charge is -2.07. The van der Waals surface area contributed by atoms with Gasteiger partial charge in [0.25, 0.3) is 11.9 Å². The van der Waals surface area contributed by atoms with Gasteiger partial charge in [0.05, 0.1) is 0 Å². The second kappa shape index (κ2) is 4.81. The van der Waals surface area contributed by atoms with Crippen LogP contribution in [-0.4, -0.2) is 11.3 Å². The molecule has 0 bridgehead atoms. The summed E-state index contributed by atoms with van der Waals surface area (Å²) in [4.78, 5) is 3.60. The molecule has 0 N–H and O–H groups in total. The number of nitrogens with zero attached hydrogens (tertiary/aromatic N) is 4. The van der Waals surface area contributed by atoms with Crippen LogP contribution in [0.15, 0.2) is 19.2 Å². The minimum absolute atomic E-state index is 0.142. The van der Waals surface area contributed by atoms with Crippen LogP contribution < -0.4 is 0 Å².